The Hall–Kier alpha value is -3.69. The van der Waals surface area contributed by atoms with Gasteiger partial charge in [0.25, 0.3) is 0 Å². The lowest BCUT2D eigenvalue weighted by molar-refractivity contribution is -0.143. The first-order valence-electron chi connectivity index (χ1n) is 15.3. The normalized spacial score (nSPS) is 31.8. The zero-order valence-corrected chi connectivity index (χ0v) is 23.6. The average molecular weight is 572 g/mol. The molecule has 0 radical (unpaired) electrons. The van der Waals surface area contributed by atoms with E-state index in [9.17, 15) is 14.4 Å². The molecule has 1 spiro atoms. The van der Waals surface area contributed by atoms with Gasteiger partial charge in [0, 0.05) is 24.9 Å². The van der Waals surface area contributed by atoms with Gasteiger partial charge in [-0.05, 0) is 62.1 Å². The number of fused-ring (bicyclic) bond motifs is 1. The maximum atomic E-state index is 14.1. The third kappa shape index (κ3) is 4.88. The molecular weight excluding hydrogens is 534 g/mol. The van der Waals surface area contributed by atoms with Crippen molar-refractivity contribution in [3.05, 3.63) is 66.7 Å². The largest absolute Gasteiger partial charge is 0.457 e. The van der Waals surface area contributed by atoms with E-state index in [1.54, 1.807) is 29.2 Å². The van der Waals surface area contributed by atoms with Crippen LogP contribution in [0.25, 0.3) is 0 Å². The number of carbonyl (C=O) groups excluding carboxylic acids is 3. The molecule has 2 bridgehead atoms. The van der Waals surface area contributed by atoms with E-state index in [2.05, 4.69) is 10.6 Å². The van der Waals surface area contributed by atoms with Crippen molar-refractivity contribution in [1.82, 2.24) is 10.2 Å². The summed E-state index contributed by atoms with van der Waals surface area (Å²) >= 11 is 0. The summed E-state index contributed by atoms with van der Waals surface area (Å²) in [5.41, 5.74) is -0.580. The van der Waals surface area contributed by atoms with Gasteiger partial charge in [-0.25, -0.2) is 0 Å². The Morgan fingerprint density at radius 3 is 2.43 bits per heavy atom. The third-order valence-electron chi connectivity index (χ3n) is 9.40. The summed E-state index contributed by atoms with van der Waals surface area (Å²) in [5.74, 6) is -0.874. The van der Waals surface area contributed by atoms with Gasteiger partial charge in [0.1, 0.15) is 23.1 Å². The molecule has 1 saturated carbocycles. The minimum absolute atomic E-state index is 0.0944. The van der Waals surface area contributed by atoms with E-state index in [4.69, 9.17) is 14.2 Å². The number of para-hydroxylation sites is 1. The first-order valence-corrected chi connectivity index (χ1v) is 15.3. The second-order valence-corrected chi connectivity index (χ2v) is 12.1. The van der Waals surface area contributed by atoms with Crippen molar-refractivity contribution < 1.29 is 28.6 Å². The van der Waals surface area contributed by atoms with Crippen LogP contribution in [0.1, 0.15) is 44.9 Å². The SMILES string of the molecule is O=C(Nc1ccc(Oc2ccccc2)cc1)[C@H]1[C@H]2C=C[C@]3(O2)[C@H](C(=O)NC2CCCCC2)N(C[C@@H]2CCCO2)C(=O)[C@@H]13. The van der Waals surface area contributed by atoms with E-state index in [1.165, 1.54) is 6.42 Å². The monoisotopic (exact) mass is 571 g/mol. The Morgan fingerprint density at radius 2 is 1.69 bits per heavy atom. The molecule has 4 heterocycles. The van der Waals surface area contributed by atoms with Crippen molar-refractivity contribution in [1.29, 1.82) is 0 Å². The molecule has 2 aromatic carbocycles. The molecule has 4 fully saturated rings. The van der Waals surface area contributed by atoms with Crippen LogP contribution in [-0.4, -0.2) is 65.7 Å². The second kappa shape index (κ2) is 11.2. The standard InChI is InChI=1S/C33H37N3O6/c37-30(34-22-13-15-24(16-14-22)41-23-10-5-2-6-11-23)27-26-17-18-33(42-26)28(27)32(39)36(20-25-12-7-19-40-25)29(33)31(38)35-21-8-3-1-4-9-21/h2,5-6,10-11,13-18,21,25-29H,1,3-4,7-9,12,19-20H2,(H,34,37)(H,35,38)/t25-,26+,27-,28+,29-,33+/m0/s1. The number of hydrogen-bond acceptors (Lipinski definition) is 6. The topological polar surface area (TPSA) is 106 Å². The highest BCUT2D eigenvalue weighted by atomic mass is 16.5. The third-order valence-corrected chi connectivity index (χ3v) is 9.40. The number of carbonyl (C=O) groups is 3. The molecule has 42 heavy (non-hydrogen) atoms. The van der Waals surface area contributed by atoms with Crippen molar-refractivity contribution in [2.24, 2.45) is 11.8 Å². The molecule has 2 aromatic rings. The van der Waals surface area contributed by atoms with Gasteiger partial charge in [-0.1, -0.05) is 49.6 Å². The Bertz CT molecular complexity index is 1350. The van der Waals surface area contributed by atoms with Crippen LogP contribution in [0.5, 0.6) is 11.5 Å². The molecule has 6 atom stereocenters. The number of rotatable bonds is 8. The maximum absolute atomic E-state index is 14.1. The van der Waals surface area contributed by atoms with Crippen LogP contribution in [0.15, 0.2) is 66.7 Å². The lowest BCUT2D eigenvalue weighted by Crippen LogP contribution is -2.57. The highest BCUT2D eigenvalue weighted by Gasteiger charge is 2.73. The molecule has 2 N–H and O–H groups in total. The van der Waals surface area contributed by atoms with Crippen LogP contribution >= 0.6 is 0 Å². The van der Waals surface area contributed by atoms with Crippen LogP contribution in [0.4, 0.5) is 5.69 Å². The van der Waals surface area contributed by atoms with Gasteiger partial charge in [-0.15, -0.1) is 0 Å². The van der Waals surface area contributed by atoms with Gasteiger partial charge < -0.3 is 29.7 Å². The first kappa shape index (κ1) is 27.2. The number of ether oxygens (including phenoxy) is 3. The smallest absolute Gasteiger partial charge is 0.246 e. The summed E-state index contributed by atoms with van der Waals surface area (Å²) in [5, 5.41) is 6.22. The summed E-state index contributed by atoms with van der Waals surface area (Å²) < 4.78 is 18.2. The molecule has 9 nitrogen and oxygen atoms in total. The summed E-state index contributed by atoms with van der Waals surface area (Å²) in [6.45, 7) is 0.970. The second-order valence-electron chi connectivity index (χ2n) is 12.1. The molecule has 7 rings (SSSR count). The minimum atomic E-state index is -1.17. The molecule has 0 aromatic heterocycles. The van der Waals surface area contributed by atoms with Gasteiger partial charge in [0.05, 0.1) is 24.0 Å². The van der Waals surface area contributed by atoms with Gasteiger partial charge >= 0.3 is 0 Å². The van der Waals surface area contributed by atoms with Gasteiger partial charge in [0.2, 0.25) is 17.7 Å². The fourth-order valence-electron chi connectivity index (χ4n) is 7.46. The van der Waals surface area contributed by atoms with Gasteiger partial charge in [0.15, 0.2) is 0 Å². The molecule has 0 unspecified atom stereocenters. The van der Waals surface area contributed by atoms with Crippen molar-refractivity contribution in [3.63, 3.8) is 0 Å². The lowest BCUT2D eigenvalue weighted by Gasteiger charge is -2.34. The Morgan fingerprint density at radius 1 is 0.929 bits per heavy atom. The van der Waals surface area contributed by atoms with Crippen molar-refractivity contribution in [2.45, 2.75) is 74.8 Å². The summed E-state index contributed by atoms with van der Waals surface area (Å²) in [7, 11) is 0. The quantitative estimate of drug-likeness (QED) is 0.461. The number of anilines is 1. The predicted octanol–water partition coefficient (Wildman–Crippen LogP) is 4.20. The summed E-state index contributed by atoms with van der Waals surface area (Å²) in [6, 6.07) is 15.9. The van der Waals surface area contributed by atoms with Crippen LogP contribution < -0.4 is 15.4 Å². The van der Waals surface area contributed by atoms with Crippen molar-refractivity contribution in [3.8, 4) is 11.5 Å². The molecule has 9 heteroatoms. The van der Waals surface area contributed by atoms with E-state index < -0.39 is 29.6 Å². The zero-order valence-electron chi connectivity index (χ0n) is 23.6. The minimum Gasteiger partial charge on any atom is -0.457 e. The Kier molecular flexibility index (Phi) is 7.23. The van der Waals surface area contributed by atoms with E-state index >= 15 is 0 Å². The number of amides is 3. The molecule has 220 valence electrons. The van der Waals surface area contributed by atoms with Crippen molar-refractivity contribution in [2.75, 3.05) is 18.5 Å². The predicted molar refractivity (Wildman–Crippen MR) is 155 cm³/mol. The van der Waals surface area contributed by atoms with Gasteiger partial charge in [-0.2, -0.15) is 0 Å². The molecule has 4 aliphatic heterocycles. The summed E-state index contributed by atoms with van der Waals surface area (Å²) in [4.78, 5) is 43.5. The molecule has 5 aliphatic rings. The van der Waals surface area contributed by atoms with Crippen LogP contribution in [-0.2, 0) is 23.9 Å². The zero-order chi connectivity index (χ0) is 28.7. The van der Waals surface area contributed by atoms with E-state index in [0.717, 1.165) is 44.3 Å². The van der Waals surface area contributed by atoms with E-state index in [-0.39, 0.29) is 29.9 Å². The highest BCUT2D eigenvalue weighted by Crippen LogP contribution is 2.55. The van der Waals surface area contributed by atoms with Crippen molar-refractivity contribution >= 4 is 23.4 Å². The fraction of sp³-hybridized carbons (Fsp3) is 0.485. The van der Waals surface area contributed by atoms with Crippen LogP contribution in [0.3, 0.4) is 0 Å². The van der Waals surface area contributed by atoms with Gasteiger partial charge in [-0.3, -0.25) is 14.4 Å². The first-order chi connectivity index (χ1) is 20.5. The molecular formula is C33H37N3O6. The van der Waals surface area contributed by atoms with Crippen LogP contribution in [0, 0.1) is 11.8 Å². The lowest BCUT2D eigenvalue weighted by atomic mass is 9.74. The van der Waals surface area contributed by atoms with E-state index in [0.29, 0.717) is 24.6 Å². The number of nitrogens with zero attached hydrogens (tertiary/aromatic N) is 1. The molecule has 3 saturated heterocycles. The fourth-order valence-corrected chi connectivity index (χ4v) is 7.46. The highest BCUT2D eigenvalue weighted by molar-refractivity contribution is 6.02. The summed E-state index contributed by atoms with van der Waals surface area (Å²) in [6.07, 6.45) is 10.0. The number of benzene rings is 2. The molecule has 1 aliphatic carbocycles. The van der Waals surface area contributed by atoms with E-state index in [1.807, 2.05) is 42.5 Å². The van der Waals surface area contributed by atoms with Crippen LogP contribution in [0.2, 0.25) is 0 Å². The number of nitrogens with one attached hydrogen (secondary N) is 2. The Labute approximate surface area is 245 Å². The number of likely N-dealkylation sites (tertiary alicyclic amines) is 1. The number of hydrogen-bond donors (Lipinski definition) is 2. The Balaban J connectivity index is 1.11. The average Bonchev–Trinajstić information content (AvgIpc) is 3.78. The maximum Gasteiger partial charge on any atom is 0.246 e. The molecule has 3 amide bonds.